The topological polar surface area (TPSA) is 53.2 Å². The first-order chi connectivity index (χ1) is 8.76. The van der Waals surface area contributed by atoms with E-state index in [1.807, 2.05) is 30.3 Å². The molecule has 0 atom stereocenters. The normalized spacial score (nSPS) is 9.83. The Morgan fingerprint density at radius 2 is 2.00 bits per heavy atom. The van der Waals surface area contributed by atoms with Gasteiger partial charge in [-0.3, -0.25) is 0 Å². The van der Waals surface area contributed by atoms with Crippen LogP contribution in [-0.4, -0.2) is 12.2 Å². The van der Waals surface area contributed by atoms with Gasteiger partial charge in [-0.25, -0.2) is 0 Å². The van der Waals surface area contributed by atoms with Crippen LogP contribution < -0.4 is 4.74 Å². The zero-order chi connectivity index (χ0) is 13.0. The fourth-order valence-electron chi connectivity index (χ4n) is 1.80. The molecule has 0 fully saturated rings. The van der Waals surface area contributed by atoms with Crippen LogP contribution in [-0.2, 0) is 6.61 Å². The van der Waals surface area contributed by atoms with Crippen LogP contribution in [0.5, 0.6) is 5.75 Å². The smallest absolute Gasteiger partial charge is 0.120 e. The van der Waals surface area contributed by atoms with E-state index in [-0.39, 0.29) is 6.61 Å². The predicted octanol–water partition coefficient (Wildman–Crippen LogP) is 2.73. The maximum Gasteiger partial charge on any atom is 0.120 e. The number of hydrogen-bond acceptors (Lipinski definition) is 3. The largest absolute Gasteiger partial charge is 0.497 e. The molecule has 0 radical (unpaired) electrons. The molecule has 0 saturated carbocycles. The molecule has 0 aliphatic heterocycles. The van der Waals surface area contributed by atoms with E-state index in [0.717, 1.165) is 16.7 Å². The van der Waals surface area contributed by atoms with Gasteiger partial charge in [0.1, 0.15) is 5.75 Å². The summed E-state index contributed by atoms with van der Waals surface area (Å²) in [5, 5.41) is 18.1. The first-order valence-electron chi connectivity index (χ1n) is 5.56. The quantitative estimate of drug-likeness (QED) is 0.896. The van der Waals surface area contributed by atoms with Crippen molar-refractivity contribution in [3.63, 3.8) is 0 Å². The maximum absolute atomic E-state index is 9.13. The van der Waals surface area contributed by atoms with Crippen LogP contribution in [0.3, 0.4) is 0 Å². The van der Waals surface area contributed by atoms with E-state index in [4.69, 9.17) is 15.1 Å². The van der Waals surface area contributed by atoms with Gasteiger partial charge in [0, 0.05) is 0 Å². The van der Waals surface area contributed by atoms with Crippen molar-refractivity contribution in [1.82, 2.24) is 0 Å². The minimum atomic E-state index is 0.00289. The molecule has 0 amide bonds. The molecule has 0 heterocycles. The number of nitrogens with zero attached hydrogens (tertiary/aromatic N) is 1. The van der Waals surface area contributed by atoms with Gasteiger partial charge >= 0.3 is 0 Å². The highest BCUT2D eigenvalue weighted by molar-refractivity contribution is 5.68. The highest BCUT2D eigenvalue weighted by atomic mass is 16.5. The zero-order valence-corrected chi connectivity index (χ0v) is 10.1. The van der Waals surface area contributed by atoms with Gasteiger partial charge in [0.2, 0.25) is 0 Å². The summed E-state index contributed by atoms with van der Waals surface area (Å²) in [6.07, 6.45) is 0. The second-order valence-electron chi connectivity index (χ2n) is 3.92. The highest BCUT2D eigenvalue weighted by Gasteiger charge is 2.04. The Morgan fingerprint density at radius 1 is 1.17 bits per heavy atom. The second kappa shape index (κ2) is 5.35. The van der Waals surface area contributed by atoms with E-state index < -0.39 is 0 Å². The number of rotatable bonds is 3. The molecule has 18 heavy (non-hydrogen) atoms. The molecule has 3 heteroatoms. The number of nitriles is 1. The van der Waals surface area contributed by atoms with Crippen LogP contribution in [0.25, 0.3) is 11.1 Å². The van der Waals surface area contributed by atoms with Gasteiger partial charge in [-0.2, -0.15) is 5.26 Å². The fourth-order valence-corrected chi connectivity index (χ4v) is 1.80. The SMILES string of the molecule is COc1cc(C#N)cc(-c2cccc(CO)c2)c1. The molecule has 0 aliphatic carbocycles. The molecule has 0 unspecified atom stereocenters. The Labute approximate surface area is 106 Å². The first-order valence-corrected chi connectivity index (χ1v) is 5.56. The molecule has 0 aromatic heterocycles. The predicted molar refractivity (Wildman–Crippen MR) is 69.1 cm³/mol. The van der Waals surface area contributed by atoms with E-state index >= 15 is 0 Å². The number of benzene rings is 2. The lowest BCUT2D eigenvalue weighted by Crippen LogP contribution is -1.88. The highest BCUT2D eigenvalue weighted by Crippen LogP contribution is 2.26. The van der Waals surface area contributed by atoms with Gasteiger partial charge < -0.3 is 9.84 Å². The van der Waals surface area contributed by atoms with Crippen molar-refractivity contribution in [2.45, 2.75) is 6.61 Å². The summed E-state index contributed by atoms with van der Waals surface area (Å²) in [6.45, 7) is 0.00289. The van der Waals surface area contributed by atoms with Crippen LogP contribution in [0.15, 0.2) is 42.5 Å². The summed E-state index contributed by atoms with van der Waals surface area (Å²) in [5.74, 6) is 0.651. The van der Waals surface area contributed by atoms with Crippen molar-refractivity contribution in [2.75, 3.05) is 7.11 Å². The Hall–Kier alpha value is -2.31. The number of methoxy groups -OCH3 is 1. The van der Waals surface area contributed by atoms with E-state index in [1.165, 1.54) is 0 Å². The molecule has 90 valence electrons. The lowest BCUT2D eigenvalue weighted by atomic mass is 10.0. The molecule has 0 aliphatic rings. The van der Waals surface area contributed by atoms with Gasteiger partial charge in [0.25, 0.3) is 0 Å². The number of ether oxygens (including phenoxy) is 1. The molecule has 0 spiro atoms. The zero-order valence-electron chi connectivity index (χ0n) is 10.1. The van der Waals surface area contributed by atoms with Crippen molar-refractivity contribution in [3.8, 4) is 22.9 Å². The summed E-state index contributed by atoms with van der Waals surface area (Å²) < 4.78 is 5.17. The third-order valence-corrected chi connectivity index (χ3v) is 2.71. The van der Waals surface area contributed by atoms with Crippen molar-refractivity contribution in [2.24, 2.45) is 0 Å². The molecule has 0 bridgehead atoms. The van der Waals surface area contributed by atoms with E-state index in [9.17, 15) is 0 Å². The lowest BCUT2D eigenvalue weighted by molar-refractivity contribution is 0.282. The lowest BCUT2D eigenvalue weighted by Gasteiger charge is -2.07. The number of hydrogen-bond donors (Lipinski definition) is 1. The molecular weight excluding hydrogens is 226 g/mol. The third kappa shape index (κ3) is 2.50. The Kier molecular flexibility index (Phi) is 3.61. The minimum absolute atomic E-state index is 0.00289. The van der Waals surface area contributed by atoms with Crippen LogP contribution >= 0.6 is 0 Å². The van der Waals surface area contributed by atoms with E-state index in [0.29, 0.717) is 11.3 Å². The summed E-state index contributed by atoms with van der Waals surface area (Å²) >= 11 is 0. The third-order valence-electron chi connectivity index (χ3n) is 2.71. The van der Waals surface area contributed by atoms with Crippen molar-refractivity contribution in [1.29, 1.82) is 5.26 Å². The molecular formula is C15H13NO2. The molecule has 0 saturated heterocycles. The number of aliphatic hydroxyl groups excluding tert-OH is 1. The summed E-state index contributed by atoms with van der Waals surface area (Å²) in [7, 11) is 1.57. The van der Waals surface area contributed by atoms with Crippen molar-refractivity contribution < 1.29 is 9.84 Å². The molecule has 2 aromatic carbocycles. The Bertz CT molecular complexity index is 600. The van der Waals surface area contributed by atoms with E-state index in [1.54, 1.807) is 19.2 Å². The van der Waals surface area contributed by atoms with Crippen LogP contribution in [0, 0.1) is 11.3 Å². The molecule has 3 nitrogen and oxygen atoms in total. The van der Waals surface area contributed by atoms with Gasteiger partial charge in [0.15, 0.2) is 0 Å². The van der Waals surface area contributed by atoms with Crippen LogP contribution in [0.1, 0.15) is 11.1 Å². The summed E-state index contributed by atoms with van der Waals surface area (Å²) in [6, 6.07) is 15.1. The average molecular weight is 239 g/mol. The standard InChI is InChI=1S/C15H13NO2/c1-18-15-7-12(9-16)6-14(8-15)13-4-2-3-11(5-13)10-17/h2-8,17H,10H2,1H3. The molecule has 2 aromatic rings. The van der Waals surface area contributed by atoms with Crippen molar-refractivity contribution >= 4 is 0 Å². The summed E-state index contributed by atoms with van der Waals surface area (Å²) in [5.41, 5.74) is 3.26. The summed E-state index contributed by atoms with van der Waals surface area (Å²) in [4.78, 5) is 0. The Morgan fingerprint density at radius 3 is 2.67 bits per heavy atom. The first kappa shape index (κ1) is 12.2. The van der Waals surface area contributed by atoms with Crippen LogP contribution in [0.2, 0.25) is 0 Å². The average Bonchev–Trinajstić information content (AvgIpc) is 2.46. The second-order valence-corrected chi connectivity index (χ2v) is 3.92. The van der Waals surface area contributed by atoms with Gasteiger partial charge in [0.05, 0.1) is 25.3 Å². The minimum Gasteiger partial charge on any atom is -0.497 e. The van der Waals surface area contributed by atoms with Crippen LogP contribution in [0.4, 0.5) is 0 Å². The van der Waals surface area contributed by atoms with Gasteiger partial charge in [-0.1, -0.05) is 18.2 Å². The molecule has 1 N–H and O–H groups in total. The van der Waals surface area contributed by atoms with Crippen molar-refractivity contribution in [3.05, 3.63) is 53.6 Å². The molecule has 2 rings (SSSR count). The monoisotopic (exact) mass is 239 g/mol. The van der Waals surface area contributed by atoms with Gasteiger partial charge in [-0.05, 0) is 41.0 Å². The van der Waals surface area contributed by atoms with E-state index in [2.05, 4.69) is 6.07 Å². The maximum atomic E-state index is 9.13. The Balaban J connectivity index is 2.52. The van der Waals surface area contributed by atoms with Gasteiger partial charge in [-0.15, -0.1) is 0 Å². The number of aliphatic hydroxyl groups is 1. The fraction of sp³-hybridized carbons (Fsp3) is 0.133.